The van der Waals surface area contributed by atoms with Gasteiger partial charge in [-0.15, -0.1) is 0 Å². The third-order valence-electron chi connectivity index (χ3n) is 4.24. The van der Waals surface area contributed by atoms with Gasteiger partial charge in [0.1, 0.15) is 12.1 Å². The average Bonchev–Trinajstić information content (AvgIpc) is 2.45. The largest absolute Gasteiger partial charge is 0.342 e. The second kappa shape index (κ2) is 7.67. The van der Waals surface area contributed by atoms with E-state index in [9.17, 15) is 9.59 Å². The van der Waals surface area contributed by atoms with Crippen molar-refractivity contribution in [2.45, 2.75) is 52.6 Å². The molecule has 4 nitrogen and oxygen atoms in total. The van der Waals surface area contributed by atoms with E-state index in [0.29, 0.717) is 6.54 Å². The lowest BCUT2D eigenvalue weighted by molar-refractivity contribution is -0.152. The number of rotatable bonds is 6. The number of hydrogen-bond donors (Lipinski definition) is 1. The predicted molar refractivity (Wildman–Crippen MR) is 81.3 cm³/mol. The van der Waals surface area contributed by atoms with E-state index in [0.717, 1.165) is 12.8 Å². The van der Waals surface area contributed by atoms with Gasteiger partial charge in [0.25, 0.3) is 0 Å². The van der Waals surface area contributed by atoms with Gasteiger partial charge in [-0.25, -0.2) is 0 Å². The monoisotopic (exact) mass is 300 g/mol. The summed E-state index contributed by atoms with van der Waals surface area (Å²) in [5, 5.41) is 2.90. The van der Waals surface area contributed by atoms with Crippen LogP contribution >= 0.6 is 11.6 Å². The molecule has 1 saturated heterocycles. The van der Waals surface area contributed by atoms with E-state index in [-0.39, 0.29) is 23.7 Å². The first-order valence-electron chi connectivity index (χ1n) is 7.33. The van der Waals surface area contributed by atoms with Crippen LogP contribution in [0.4, 0.5) is 0 Å². The quantitative estimate of drug-likeness (QED) is 0.819. The molecule has 2 amide bonds. The normalized spacial score (nSPS) is 26.8. The molecule has 1 fully saturated rings. The zero-order valence-corrected chi connectivity index (χ0v) is 13.5. The fourth-order valence-electron chi connectivity index (χ4n) is 2.52. The van der Waals surface area contributed by atoms with Crippen LogP contribution in [0.25, 0.3) is 0 Å². The molecule has 4 atom stereocenters. The van der Waals surface area contributed by atoms with E-state index in [4.69, 9.17) is 11.6 Å². The summed E-state index contributed by atoms with van der Waals surface area (Å²) in [6, 6.07) is -0.822. The Kier molecular flexibility index (Phi) is 6.53. The Morgan fingerprint density at radius 2 is 1.85 bits per heavy atom. The third-order valence-corrected chi connectivity index (χ3v) is 4.42. The van der Waals surface area contributed by atoms with Crippen molar-refractivity contribution in [1.29, 1.82) is 0 Å². The molecule has 0 aromatic carbocycles. The van der Waals surface area contributed by atoms with Gasteiger partial charge in [0.05, 0.1) is 0 Å². The smallest absolute Gasteiger partial charge is 0.246 e. The molecule has 0 aromatic rings. The van der Waals surface area contributed by atoms with E-state index in [1.54, 1.807) is 11.0 Å². The lowest BCUT2D eigenvalue weighted by atomic mass is 9.89. The Balaban J connectivity index is 3.03. The number of piperazine rings is 1. The fraction of sp³-hybridized carbons (Fsp3) is 0.733. The highest BCUT2D eigenvalue weighted by Gasteiger charge is 2.43. The molecule has 20 heavy (non-hydrogen) atoms. The molecule has 1 heterocycles. The zero-order chi connectivity index (χ0) is 15.3. The third kappa shape index (κ3) is 3.54. The van der Waals surface area contributed by atoms with Gasteiger partial charge in [-0.1, -0.05) is 58.2 Å². The molecule has 5 heteroatoms. The van der Waals surface area contributed by atoms with Crippen LogP contribution in [0, 0.1) is 11.8 Å². The van der Waals surface area contributed by atoms with Crippen molar-refractivity contribution in [3.05, 3.63) is 11.6 Å². The van der Waals surface area contributed by atoms with Crippen LogP contribution in [-0.2, 0) is 9.59 Å². The highest BCUT2D eigenvalue weighted by molar-refractivity contribution is 6.25. The van der Waals surface area contributed by atoms with Crippen LogP contribution in [-0.4, -0.2) is 35.3 Å². The highest BCUT2D eigenvalue weighted by atomic mass is 35.5. The van der Waals surface area contributed by atoms with E-state index >= 15 is 0 Å². The van der Waals surface area contributed by atoms with Crippen molar-refractivity contribution in [1.82, 2.24) is 10.2 Å². The molecule has 1 N–H and O–H groups in total. The van der Waals surface area contributed by atoms with Gasteiger partial charge in [0, 0.05) is 12.1 Å². The molecule has 0 saturated carbocycles. The number of nitrogens with zero attached hydrogens (tertiary/aromatic N) is 1. The minimum absolute atomic E-state index is 0.000910. The summed E-state index contributed by atoms with van der Waals surface area (Å²) in [5.41, 5.74) is 1.39. The maximum absolute atomic E-state index is 12.6. The van der Waals surface area contributed by atoms with Crippen LogP contribution in [0.5, 0.6) is 0 Å². The Bertz CT molecular complexity index is 384. The molecule has 0 spiro atoms. The molecular weight excluding hydrogens is 276 g/mol. The number of nitrogens with one attached hydrogen (secondary N) is 1. The average molecular weight is 301 g/mol. The van der Waals surface area contributed by atoms with Gasteiger partial charge < -0.3 is 10.2 Å². The molecule has 0 aliphatic carbocycles. The second-order valence-electron chi connectivity index (χ2n) is 5.55. The van der Waals surface area contributed by atoms with Crippen molar-refractivity contribution < 1.29 is 9.59 Å². The summed E-state index contributed by atoms with van der Waals surface area (Å²) < 4.78 is 0. The molecule has 4 unspecified atom stereocenters. The molecule has 1 aliphatic heterocycles. The summed E-state index contributed by atoms with van der Waals surface area (Å²) in [7, 11) is 0. The highest BCUT2D eigenvalue weighted by Crippen LogP contribution is 2.23. The molecule has 1 rings (SSSR count). The van der Waals surface area contributed by atoms with Crippen LogP contribution < -0.4 is 5.32 Å². The summed E-state index contributed by atoms with van der Waals surface area (Å²) in [5.74, 6) is 0.207. The lowest BCUT2D eigenvalue weighted by Gasteiger charge is -2.42. The fourth-order valence-corrected chi connectivity index (χ4v) is 2.60. The number of halogens is 1. The molecule has 0 radical (unpaired) electrons. The van der Waals surface area contributed by atoms with Gasteiger partial charge in [-0.3, -0.25) is 9.59 Å². The number of carbonyl (C=O) groups is 2. The van der Waals surface area contributed by atoms with Crippen molar-refractivity contribution in [2.24, 2.45) is 11.8 Å². The number of amides is 2. The zero-order valence-electron chi connectivity index (χ0n) is 12.7. The molecule has 0 aromatic heterocycles. The Morgan fingerprint density at radius 3 is 2.35 bits per heavy atom. The maximum atomic E-state index is 12.6. The summed E-state index contributed by atoms with van der Waals surface area (Å²) in [6.45, 7) is 8.42. The minimum Gasteiger partial charge on any atom is -0.342 e. The first-order valence-corrected chi connectivity index (χ1v) is 7.77. The van der Waals surface area contributed by atoms with E-state index in [1.165, 1.54) is 5.54 Å². The number of hydrogen-bond acceptors (Lipinski definition) is 2. The van der Waals surface area contributed by atoms with Gasteiger partial charge in [-0.05, 0) is 11.8 Å². The van der Waals surface area contributed by atoms with E-state index in [1.807, 2.05) is 27.7 Å². The molecule has 1 aliphatic rings. The van der Waals surface area contributed by atoms with Gasteiger partial charge in [0.15, 0.2) is 0 Å². The maximum Gasteiger partial charge on any atom is 0.246 e. The van der Waals surface area contributed by atoms with E-state index < -0.39 is 12.1 Å². The van der Waals surface area contributed by atoms with Crippen LogP contribution in [0.1, 0.15) is 40.5 Å². The number of carbonyl (C=O) groups excluding carboxylic acids is 2. The lowest BCUT2D eigenvalue weighted by Crippen LogP contribution is -2.66. The van der Waals surface area contributed by atoms with Crippen LogP contribution in [0.15, 0.2) is 11.6 Å². The predicted octanol–water partition coefficient (Wildman–Crippen LogP) is 2.53. The Labute approximate surface area is 126 Å². The van der Waals surface area contributed by atoms with Crippen molar-refractivity contribution in [3.63, 3.8) is 0 Å². The second-order valence-corrected chi connectivity index (χ2v) is 5.81. The van der Waals surface area contributed by atoms with Crippen molar-refractivity contribution in [3.8, 4) is 0 Å². The molecular formula is C15H25ClN2O2. The van der Waals surface area contributed by atoms with Gasteiger partial charge >= 0.3 is 0 Å². The van der Waals surface area contributed by atoms with Crippen LogP contribution in [0.3, 0.4) is 0 Å². The Morgan fingerprint density at radius 1 is 1.25 bits per heavy atom. The topological polar surface area (TPSA) is 49.4 Å². The van der Waals surface area contributed by atoms with Crippen molar-refractivity contribution >= 4 is 23.4 Å². The van der Waals surface area contributed by atoms with Gasteiger partial charge in [0.2, 0.25) is 11.8 Å². The van der Waals surface area contributed by atoms with Crippen molar-refractivity contribution in [2.75, 3.05) is 6.54 Å². The SMILES string of the molecule is CCC(C)C1NC(=O)C(C(C)CC)N(C/C=C/Cl)C1=O. The minimum atomic E-state index is -0.420. The molecule has 0 bridgehead atoms. The summed E-state index contributed by atoms with van der Waals surface area (Å²) in [4.78, 5) is 26.7. The van der Waals surface area contributed by atoms with Gasteiger partial charge in [-0.2, -0.15) is 0 Å². The first kappa shape index (κ1) is 17.0. The summed E-state index contributed by atoms with van der Waals surface area (Å²) >= 11 is 5.57. The Hall–Kier alpha value is -1.03. The first-order chi connectivity index (χ1) is 9.47. The summed E-state index contributed by atoms with van der Waals surface area (Å²) in [6.07, 6.45) is 3.41. The molecule has 114 valence electrons. The standard InChI is InChI=1S/C15H25ClN2O2/c1-5-10(3)12-15(20)18(9-7-8-16)13(11(4)6-2)14(19)17-12/h7-8,10-13H,5-6,9H2,1-4H3,(H,17,19)/b8-7+. The van der Waals surface area contributed by atoms with Crippen LogP contribution in [0.2, 0.25) is 0 Å². The van der Waals surface area contributed by atoms with E-state index in [2.05, 4.69) is 5.32 Å².